The minimum atomic E-state index is -4.61. The van der Waals surface area contributed by atoms with E-state index in [4.69, 9.17) is 21.1 Å². The van der Waals surface area contributed by atoms with Gasteiger partial charge in [-0.1, -0.05) is 18.5 Å². The SMILES string of the molecule is CC[C@@H](Oc1ccc(OC)cc1)C(=O)Nc1ccc(Cl)c(C(F)(F)F)c1. The van der Waals surface area contributed by atoms with Crippen molar-refractivity contribution < 1.29 is 27.4 Å². The van der Waals surface area contributed by atoms with Crippen molar-refractivity contribution in [2.24, 2.45) is 0 Å². The highest BCUT2D eigenvalue weighted by Gasteiger charge is 2.33. The molecule has 0 aliphatic rings. The van der Waals surface area contributed by atoms with Gasteiger partial charge in [0.2, 0.25) is 0 Å². The van der Waals surface area contributed by atoms with Crippen LogP contribution in [-0.2, 0) is 11.0 Å². The Hall–Kier alpha value is -2.41. The Bertz CT molecular complexity index is 763. The molecule has 1 atom stereocenters. The summed E-state index contributed by atoms with van der Waals surface area (Å²) in [4.78, 5) is 12.3. The number of ether oxygens (including phenoxy) is 2. The van der Waals surface area contributed by atoms with E-state index in [1.165, 1.54) is 13.2 Å². The summed E-state index contributed by atoms with van der Waals surface area (Å²) in [5.41, 5.74) is -1.02. The predicted octanol–water partition coefficient (Wildman–Crippen LogP) is 5.16. The number of methoxy groups -OCH3 is 1. The zero-order chi connectivity index (χ0) is 19.3. The number of amides is 1. The number of carbonyl (C=O) groups is 1. The van der Waals surface area contributed by atoms with Gasteiger partial charge in [-0.2, -0.15) is 13.2 Å². The van der Waals surface area contributed by atoms with E-state index >= 15 is 0 Å². The molecule has 1 N–H and O–H groups in total. The molecule has 0 bridgehead atoms. The minimum absolute atomic E-state index is 0.0106. The second-order valence-corrected chi connectivity index (χ2v) is 5.78. The highest BCUT2D eigenvalue weighted by molar-refractivity contribution is 6.31. The molecule has 4 nitrogen and oxygen atoms in total. The standard InChI is InChI=1S/C18H17ClF3NO3/c1-3-16(26-13-7-5-12(25-2)6-8-13)17(24)23-11-4-9-15(19)14(10-11)18(20,21)22/h4-10,16H,3H2,1-2H3,(H,23,24)/t16-/m1/s1. The van der Waals surface area contributed by atoms with Crippen molar-refractivity contribution in [3.63, 3.8) is 0 Å². The average Bonchev–Trinajstić information content (AvgIpc) is 2.60. The van der Waals surface area contributed by atoms with Gasteiger partial charge in [0.15, 0.2) is 6.10 Å². The summed E-state index contributed by atoms with van der Waals surface area (Å²) in [5, 5.41) is 1.99. The Labute approximate surface area is 153 Å². The first-order valence-electron chi connectivity index (χ1n) is 7.73. The zero-order valence-corrected chi connectivity index (χ0v) is 14.8. The zero-order valence-electron chi connectivity index (χ0n) is 14.1. The molecule has 0 heterocycles. The molecule has 0 aliphatic heterocycles. The number of carbonyl (C=O) groups excluding carboxylic acids is 1. The van der Waals surface area contributed by atoms with Gasteiger partial charge in [0, 0.05) is 5.69 Å². The van der Waals surface area contributed by atoms with Gasteiger partial charge in [0.05, 0.1) is 17.7 Å². The normalized spacial score (nSPS) is 12.4. The van der Waals surface area contributed by atoms with Crippen LogP contribution in [0.1, 0.15) is 18.9 Å². The van der Waals surface area contributed by atoms with Crippen LogP contribution < -0.4 is 14.8 Å². The van der Waals surface area contributed by atoms with E-state index in [0.29, 0.717) is 17.9 Å². The van der Waals surface area contributed by atoms with E-state index in [1.807, 2.05) is 0 Å². The molecule has 2 rings (SSSR count). The fourth-order valence-electron chi connectivity index (χ4n) is 2.18. The number of nitrogens with one attached hydrogen (secondary N) is 1. The first-order chi connectivity index (χ1) is 12.2. The third-order valence-electron chi connectivity index (χ3n) is 3.54. The van der Waals surface area contributed by atoms with E-state index in [1.54, 1.807) is 31.2 Å². The molecule has 0 fully saturated rings. The molecule has 2 aromatic rings. The monoisotopic (exact) mass is 387 g/mol. The summed E-state index contributed by atoms with van der Waals surface area (Å²) in [5.74, 6) is 0.523. The molecule has 0 saturated carbocycles. The highest BCUT2D eigenvalue weighted by Crippen LogP contribution is 2.36. The summed E-state index contributed by atoms with van der Waals surface area (Å²) in [6.07, 6.45) is -5.15. The van der Waals surface area contributed by atoms with Crippen LogP contribution in [0.15, 0.2) is 42.5 Å². The molecular weight excluding hydrogens is 371 g/mol. The lowest BCUT2D eigenvalue weighted by molar-refractivity contribution is -0.137. The van der Waals surface area contributed by atoms with E-state index < -0.39 is 28.8 Å². The molecule has 0 saturated heterocycles. The third kappa shape index (κ3) is 5.05. The maximum atomic E-state index is 12.9. The van der Waals surface area contributed by atoms with Crippen molar-refractivity contribution in [1.29, 1.82) is 0 Å². The van der Waals surface area contributed by atoms with Gasteiger partial charge in [0.25, 0.3) is 5.91 Å². The first-order valence-corrected chi connectivity index (χ1v) is 8.10. The number of hydrogen-bond acceptors (Lipinski definition) is 3. The van der Waals surface area contributed by atoms with Crippen LogP contribution in [0, 0.1) is 0 Å². The molecule has 26 heavy (non-hydrogen) atoms. The fourth-order valence-corrected chi connectivity index (χ4v) is 2.41. The van der Waals surface area contributed by atoms with Crippen LogP contribution >= 0.6 is 11.6 Å². The molecule has 2 aromatic carbocycles. The van der Waals surface area contributed by atoms with Crippen LogP contribution in [0.3, 0.4) is 0 Å². The molecule has 8 heteroatoms. The quantitative estimate of drug-likeness (QED) is 0.744. The Kier molecular flexibility index (Phi) is 6.37. The van der Waals surface area contributed by atoms with Crippen LogP contribution in [-0.4, -0.2) is 19.1 Å². The topological polar surface area (TPSA) is 47.6 Å². The molecule has 0 aliphatic carbocycles. The fraction of sp³-hybridized carbons (Fsp3) is 0.278. The second kappa shape index (κ2) is 8.31. The molecule has 1 amide bonds. The smallest absolute Gasteiger partial charge is 0.417 e. The van der Waals surface area contributed by atoms with Crippen LogP contribution in [0.25, 0.3) is 0 Å². The van der Waals surface area contributed by atoms with Crippen LogP contribution in [0.2, 0.25) is 5.02 Å². The third-order valence-corrected chi connectivity index (χ3v) is 3.87. The summed E-state index contributed by atoms with van der Waals surface area (Å²) >= 11 is 5.57. The maximum Gasteiger partial charge on any atom is 0.417 e. The molecular formula is C18H17ClF3NO3. The van der Waals surface area contributed by atoms with Crippen molar-refractivity contribution in [2.75, 3.05) is 12.4 Å². The average molecular weight is 388 g/mol. The maximum absolute atomic E-state index is 12.9. The first kappa shape index (κ1) is 19.9. The number of benzene rings is 2. The van der Waals surface area contributed by atoms with Gasteiger partial charge in [-0.3, -0.25) is 4.79 Å². The Morgan fingerprint density at radius 3 is 2.31 bits per heavy atom. The van der Waals surface area contributed by atoms with E-state index in [2.05, 4.69) is 5.32 Å². The van der Waals surface area contributed by atoms with E-state index in [0.717, 1.165) is 12.1 Å². The van der Waals surface area contributed by atoms with E-state index in [9.17, 15) is 18.0 Å². The van der Waals surface area contributed by atoms with Gasteiger partial charge in [-0.05, 0) is 48.9 Å². The van der Waals surface area contributed by atoms with Crippen molar-refractivity contribution >= 4 is 23.2 Å². The highest BCUT2D eigenvalue weighted by atomic mass is 35.5. The summed E-state index contributed by atoms with van der Waals surface area (Å²) in [6.45, 7) is 1.73. The molecule has 0 aromatic heterocycles. The lowest BCUT2D eigenvalue weighted by atomic mass is 10.1. The Balaban J connectivity index is 2.11. The van der Waals surface area contributed by atoms with Gasteiger partial charge in [-0.15, -0.1) is 0 Å². The second-order valence-electron chi connectivity index (χ2n) is 5.37. The lowest BCUT2D eigenvalue weighted by Gasteiger charge is -2.18. The van der Waals surface area contributed by atoms with E-state index in [-0.39, 0.29) is 5.69 Å². The summed E-state index contributed by atoms with van der Waals surface area (Å²) < 4.78 is 49.4. The van der Waals surface area contributed by atoms with Gasteiger partial charge < -0.3 is 14.8 Å². The van der Waals surface area contributed by atoms with Crippen molar-refractivity contribution in [2.45, 2.75) is 25.6 Å². The van der Waals surface area contributed by atoms with Crippen LogP contribution in [0.4, 0.5) is 18.9 Å². The molecule has 0 radical (unpaired) electrons. The van der Waals surface area contributed by atoms with Crippen molar-refractivity contribution in [3.8, 4) is 11.5 Å². The Morgan fingerprint density at radius 2 is 1.77 bits per heavy atom. The minimum Gasteiger partial charge on any atom is -0.497 e. The predicted molar refractivity (Wildman–Crippen MR) is 92.8 cm³/mol. The van der Waals surface area contributed by atoms with Crippen molar-refractivity contribution in [3.05, 3.63) is 53.1 Å². The molecule has 140 valence electrons. The van der Waals surface area contributed by atoms with Crippen LogP contribution in [0.5, 0.6) is 11.5 Å². The number of halogens is 4. The van der Waals surface area contributed by atoms with Gasteiger partial charge >= 0.3 is 6.18 Å². The summed E-state index contributed by atoms with van der Waals surface area (Å²) in [7, 11) is 1.53. The largest absolute Gasteiger partial charge is 0.497 e. The molecule has 0 unspecified atom stereocenters. The summed E-state index contributed by atoms with van der Waals surface area (Å²) in [6, 6.07) is 9.81. The number of hydrogen-bond donors (Lipinski definition) is 1. The number of alkyl halides is 3. The molecule has 0 spiro atoms. The number of rotatable bonds is 6. The van der Waals surface area contributed by atoms with Crippen molar-refractivity contribution in [1.82, 2.24) is 0 Å². The number of anilines is 1. The van der Waals surface area contributed by atoms with Gasteiger partial charge in [0.1, 0.15) is 11.5 Å². The van der Waals surface area contributed by atoms with Gasteiger partial charge in [-0.25, -0.2) is 0 Å². The Morgan fingerprint density at radius 1 is 1.15 bits per heavy atom. The lowest BCUT2D eigenvalue weighted by Crippen LogP contribution is -2.32.